The van der Waals surface area contributed by atoms with Crippen LogP contribution in [0, 0.1) is 0 Å². The van der Waals surface area contributed by atoms with Crippen LogP contribution in [0.2, 0.25) is 5.15 Å². The summed E-state index contributed by atoms with van der Waals surface area (Å²) < 4.78 is 0. The third-order valence-corrected chi connectivity index (χ3v) is 2.43. The third-order valence-electron chi connectivity index (χ3n) is 2.13. The number of hydrogen-bond acceptors (Lipinski definition) is 4. The summed E-state index contributed by atoms with van der Waals surface area (Å²) in [4.78, 5) is 19.7. The lowest BCUT2D eigenvalue weighted by Gasteiger charge is -2.07. The second kappa shape index (κ2) is 4.49. The molecule has 2 rings (SSSR count). The predicted octanol–water partition coefficient (Wildman–Crippen LogP) is 1.06. The average molecular weight is 239 g/mol. The van der Waals surface area contributed by atoms with Gasteiger partial charge in [0.15, 0.2) is 11.0 Å². The standard InChI is InChI=1S/C10H11ClN4O/c1-6-5-13-9(14-6)10(16)15-7-3-2-4-12-8(7)11/h2-4,6H,5H2,1H3,(H,13,14)(H,15,16). The molecular formula is C10H11ClN4O. The van der Waals surface area contributed by atoms with Crippen molar-refractivity contribution in [3.8, 4) is 0 Å². The molecule has 0 fully saturated rings. The number of nitrogens with one attached hydrogen (secondary N) is 2. The van der Waals surface area contributed by atoms with Crippen LogP contribution in [0.3, 0.4) is 0 Å². The molecule has 2 heterocycles. The highest BCUT2D eigenvalue weighted by molar-refractivity contribution is 6.43. The average Bonchev–Trinajstić information content (AvgIpc) is 2.68. The van der Waals surface area contributed by atoms with Gasteiger partial charge in [0, 0.05) is 12.2 Å². The van der Waals surface area contributed by atoms with Gasteiger partial charge in [-0.2, -0.15) is 0 Å². The molecule has 0 radical (unpaired) electrons. The molecular weight excluding hydrogens is 228 g/mol. The molecule has 1 aliphatic heterocycles. The van der Waals surface area contributed by atoms with Crippen LogP contribution < -0.4 is 10.6 Å². The van der Waals surface area contributed by atoms with Gasteiger partial charge in [-0.05, 0) is 19.1 Å². The summed E-state index contributed by atoms with van der Waals surface area (Å²) in [7, 11) is 0. The molecule has 1 aromatic rings. The Kier molecular flexibility index (Phi) is 3.05. The molecule has 1 amide bonds. The van der Waals surface area contributed by atoms with E-state index in [-0.39, 0.29) is 17.1 Å². The molecule has 0 saturated carbocycles. The van der Waals surface area contributed by atoms with E-state index in [0.29, 0.717) is 18.1 Å². The zero-order valence-corrected chi connectivity index (χ0v) is 9.45. The van der Waals surface area contributed by atoms with E-state index in [4.69, 9.17) is 11.6 Å². The van der Waals surface area contributed by atoms with E-state index in [9.17, 15) is 4.79 Å². The summed E-state index contributed by atoms with van der Waals surface area (Å²) in [5.41, 5.74) is 0.484. The Morgan fingerprint density at radius 1 is 1.69 bits per heavy atom. The molecule has 84 valence electrons. The summed E-state index contributed by atoms with van der Waals surface area (Å²) in [5, 5.41) is 5.88. The molecule has 5 nitrogen and oxygen atoms in total. The molecule has 1 aliphatic rings. The molecule has 6 heteroatoms. The van der Waals surface area contributed by atoms with Crippen LogP contribution in [0.4, 0.5) is 5.69 Å². The minimum atomic E-state index is -0.292. The Bertz CT molecular complexity index is 446. The second-order valence-electron chi connectivity index (χ2n) is 3.53. The smallest absolute Gasteiger partial charge is 0.290 e. The van der Waals surface area contributed by atoms with E-state index in [1.54, 1.807) is 18.3 Å². The monoisotopic (exact) mass is 238 g/mol. The molecule has 1 aromatic heterocycles. The van der Waals surface area contributed by atoms with Gasteiger partial charge < -0.3 is 10.6 Å². The van der Waals surface area contributed by atoms with E-state index >= 15 is 0 Å². The first-order valence-electron chi connectivity index (χ1n) is 4.89. The Labute approximate surface area is 97.9 Å². The van der Waals surface area contributed by atoms with Crippen molar-refractivity contribution in [2.45, 2.75) is 13.0 Å². The SMILES string of the molecule is CC1CN=C(C(=O)Nc2cccnc2Cl)N1. The molecule has 1 unspecified atom stereocenters. The maximum Gasteiger partial charge on any atom is 0.290 e. The summed E-state index contributed by atoms with van der Waals surface area (Å²) in [6.45, 7) is 2.57. The Morgan fingerprint density at radius 2 is 2.50 bits per heavy atom. The fourth-order valence-corrected chi connectivity index (χ4v) is 1.52. The molecule has 0 aliphatic carbocycles. The fraction of sp³-hybridized carbons (Fsp3) is 0.300. The Morgan fingerprint density at radius 3 is 3.12 bits per heavy atom. The minimum absolute atomic E-state index is 0.199. The number of nitrogens with zero attached hydrogens (tertiary/aromatic N) is 2. The van der Waals surface area contributed by atoms with Crippen molar-refractivity contribution < 1.29 is 4.79 Å². The van der Waals surface area contributed by atoms with Crippen LogP contribution in [0.15, 0.2) is 23.3 Å². The van der Waals surface area contributed by atoms with Crippen molar-refractivity contribution in [2.24, 2.45) is 4.99 Å². The molecule has 0 aromatic carbocycles. The lowest BCUT2D eigenvalue weighted by Crippen LogP contribution is -2.36. The number of rotatable bonds is 2. The quantitative estimate of drug-likeness (QED) is 0.758. The zero-order valence-electron chi connectivity index (χ0n) is 8.70. The van der Waals surface area contributed by atoms with Crippen molar-refractivity contribution in [1.82, 2.24) is 10.3 Å². The van der Waals surface area contributed by atoms with Gasteiger partial charge in [0.25, 0.3) is 5.91 Å². The van der Waals surface area contributed by atoms with Gasteiger partial charge in [0.05, 0.1) is 12.2 Å². The van der Waals surface area contributed by atoms with E-state index in [2.05, 4.69) is 20.6 Å². The number of anilines is 1. The highest BCUT2D eigenvalue weighted by Gasteiger charge is 2.19. The highest BCUT2D eigenvalue weighted by atomic mass is 35.5. The largest absolute Gasteiger partial charge is 0.361 e. The van der Waals surface area contributed by atoms with Gasteiger partial charge >= 0.3 is 0 Å². The van der Waals surface area contributed by atoms with Gasteiger partial charge in [-0.3, -0.25) is 9.79 Å². The van der Waals surface area contributed by atoms with Crippen molar-refractivity contribution in [2.75, 3.05) is 11.9 Å². The van der Waals surface area contributed by atoms with Gasteiger partial charge in [0.1, 0.15) is 0 Å². The molecule has 0 bridgehead atoms. The first kappa shape index (κ1) is 10.9. The fourth-order valence-electron chi connectivity index (χ4n) is 1.35. The maximum absolute atomic E-state index is 11.7. The number of halogens is 1. The van der Waals surface area contributed by atoms with Crippen LogP contribution in [-0.2, 0) is 4.79 Å². The van der Waals surface area contributed by atoms with Crippen LogP contribution in [0.1, 0.15) is 6.92 Å². The summed E-state index contributed by atoms with van der Waals surface area (Å²) >= 11 is 5.82. The van der Waals surface area contributed by atoms with Crippen LogP contribution >= 0.6 is 11.6 Å². The lowest BCUT2D eigenvalue weighted by atomic mass is 10.3. The minimum Gasteiger partial charge on any atom is -0.361 e. The van der Waals surface area contributed by atoms with Crippen molar-refractivity contribution in [1.29, 1.82) is 0 Å². The van der Waals surface area contributed by atoms with Crippen LogP contribution in [0.5, 0.6) is 0 Å². The number of aliphatic imine (C=N–C) groups is 1. The van der Waals surface area contributed by atoms with E-state index in [1.807, 2.05) is 6.92 Å². The number of hydrogen-bond donors (Lipinski definition) is 2. The third kappa shape index (κ3) is 2.30. The summed E-state index contributed by atoms with van der Waals surface area (Å²) in [5.74, 6) is 0.0478. The van der Waals surface area contributed by atoms with Gasteiger partial charge in [-0.15, -0.1) is 0 Å². The topological polar surface area (TPSA) is 66.4 Å². The molecule has 16 heavy (non-hydrogen) atoms. The molecule has 2 N–H and O–H groups in total. The molecule has 0 spiro atoms. The molecule has 0 saturated heterocycles. The summed E-state index contributed by atoms with van der Waals surface area (Å²) in [6.07, 6.45) is 1.56. The Hall–Kier alpha value is -1.62. The maximum atomic E-state index is 11.7. The number of aromatic nitrogens is 1. The van der Waals surface area contributed by atoms with Gasteiger partial charge in [-0.1, -0.05) is 11.6 Å². The number of carbonyl (C=O) groups excluding carboxylic acids is 1. The molecule has 1 atom stereocenters. The normalized spacial score (nSPS) is 18.9. The number of carbonyl (C=O) groups is 1. The Balaban J connectivity index is 2.06. The number of pyridine rings is 1. The van der Waals surface area contributed by atoms with Crippen molar-refractivity contribution in [3.05, 3.63) is 23.5 Å². The van der Waals surface area contributed by atoms with E-state index in [0.717, 1.165) is 0 Å². The first-order chi connectivity index (χ1) is 7.66. The van der Waals surface area contributed by atoms with Gasteiger partial charge in [0.2, 0.25) is 0 Å². The van der Waals surface area contributed by atoms with Crippen LogP contribution in [-0.4, -0.2) is 29.3 Å². The lowest BCUT2D eigenvalue weighted by molar-refractivity contribution is -0.110. The highest BCUT2D eigenvalue weighted by Crippen LogP contribution is 2.17. The summed E-state index contributed by atoms with van der Waals surface area (Å²) in [6, 6.07) is 3.59. The van der Waals surface area contributed by atoms with E-state index < -0.39 is 0 Å². The van der Waals surface area contributed by atoms with E-state index in [1.165, 1.54) is 0 Å². The second-order valence-corrected chi connectivity index (χ2v) is 3.89. The number of amides is 1. The van der Waals surface area contributed by atoms with Gasteiger partial charge in [-0.25, -0.2) is 4.98 Å². The number of amidine groups is 1. The zero-order chi connectivity index (χ0) is 11.5. The van der Waals surface area contributed by atoms with Crippen molar-refractivity contribution in [3.63, 3.8) is 0 Å². The predicted molar refractivity (Wildman–Crippen MR) is 62.8 cm³/mol. The van der Waals surface area contributed by atoms with Crippen LogP contribution in [0.25, 0.3) is 0 Å². The first-order valence-corrected chi connectivity index (χ1v) is 5.27. The van der Waals surface area contributed by atoms with Crippen molar-refractivity contribution >= 4 is 29.0 Å².